The van der Waals surface area contributed by atoms with Gasteiger partial charge in [-0.1, -0.05) is 5.16 Å². The summed E-state index contributed by atoms with van der Waals surface area (Å²) < 4.78 is 17.8. The van der Waals surface area contributed by atoms with Gasteiger partial charge in [0.15, 0.2) is 0 Å². The first-order valence-electron chi connectivity index (χ1n) is 6.90. The summed E-state index contributed by atoms with van der Waals surface area (Å²) >= 11 is 0. The van der Waals surface area contributed by atoms with Gasteiger partial charge >= 0.3 is 0 Å². The highest BCUT2D eigenvalue weighted by Gasteiger charge is 2.26. The topological polar surface area (TPSA) is 72.4 Å². The zero-order chi connectivity index (χ0) is 14.8. The largest absolute Gasteiger partial charge is 0.368 e. The minimum atomic E-state index is -0.339. The SMILES string of the molecule is Nc1cc(C2CCN(C(=O)c3ccc(F)cc3)CC2)no1. The van der Waals surface area contributed by atoms with E-state index in [4.69, 9.17) is 10.3 Å². The summed E-state index contributed by atoms with van der Waals surface area (Å²) in [4.78, 5) is 14.1. The Morgan fingerprint density at radius 2 is 1.95 bits per heavy atom. The molecule has 1 amide bonds. The molecule has 1 fully saturated rings. The number of nitrogens with two attached hydrogens (primary N) is 1. The van der Waals surface area contributed by atoms with Gasteiger partial charge in [-0.2, -0.15) is 0 Å². The van der Waals surface area contributed by atoms with Crippen molar-refractivity contribution in [3.05, 3.63) is 47.4 Å². The third kappa shape index (κ3) is 2.89. The van der Waals surface area contributed by atoms with Crippen LogP contribution < -0.4 is 5.73 Å². The summed E-state index contributed by atoms with van der Waals surface area (Å²) in [5.41, 5.74) is 6.89. The van der Waals surface area contributed by atoms with Crippen LogP contribution in [-0.4, -0.2) is 29.1 Å². The number of likely N-dealkylation sites (tertiary alicyclic amines) is 1. The highest BCUT2D eigenvalue weighted by Crippen LogP contribution is 2.28. The molecule has 2 heterocycles. The van der Waals surface area contributed by atoms with Crippen LogP contribution in [0.25, 0.3) is 0 Å². The van der Waals surface area contributed by atoms with Crippen LogP contribution in [0.3, 0.4) is 0 Å². The fourth-order valence-corrected chi connectivity index (χ4v) is 2.65. The Balaban J connectivity index is 1.63. The van der Waals surface area contributed by atoms with Gasteiger partial charge in [0.2, 0.25) is 5.88 Å². The average molecular weight is 289 g/mol. The summed E-state index contributed by atoms with van der Waals surface area (Å²) in [6.07, 6.45) is 1.64. The van der Waals surface area contributed by atoms with Crippen LogP contribution in [0.2, 0.25) is 0 Å². The number of nitrogens with zero attached hydrogens (tertiary/aromatic N) is 2. The van der Waals surface area contributed by atoms with E-state index in [1.165, 1.54) is 24.3 Å². The number of nitrogen functional groups attached to an aromatic ring is 1. The Morgan fingerprint density at radius 1 is 1.29 bits per heavy atom. The summed E-state index contributed by atoms with van der Waals surface area (Å²) in [7, 11) is 0. The van der Waals surface area contributed by atoms with Gasteiger partial charge < -0.3 is 15.2 Å². The molecular formula is C15H16FN3O2. The second-order valence-corrected chi connectivity index (χ2v) is 5.23. The molecule has 0 saturated carbocycles. The molecule has 6 heteroatoms. The molecule has 2 N–H and O–H groups in total. The van der Waals surface area contributed by atoms with Crippen molar-refractivity contribution < 1.29 is 13.7 Å². The lowest BCUT2D eigenvalue weighted by atomic mass is 9.93. The lowest BCUT2D eigenvalue weighted by Gasteiger charge is -2.31. The molecule has 110 valence electrons. The third-order valence-electron chi connectivity index (χ3n) is 3.84. The third-order valence-corrected chi connectivity index (χ3v) is 3.84. The van der Waals surface area contributed by atoms with Crippen molar-refractivity contribution in [1.82, 2.24) is 10.1 Å². The number of hydrogen-bond donors (Lipinski definition) is 1. The van der Waals surface area contributed by atoms with Gasteiger partial charge in [0.05, 0.1) is 5.69 Å². The number of hydrogen-bond acceptors (Lipinski definition) is 4. The highest BCUT2D eigenvalue weighted by molar-refractivity contribution is 5.94. The minimum Gasteiger partial charge on any atom is -0.368 e. The molecule has 0 radical (unpaired) electrons. The number of benzene rings is 1. The van der Waals surface area contributed by atoms with E-state index in [0.717, 1.165) is 18.5 Å². The Kier molecular flexibility index (Phi) is 3.60. The Labute approximate surface area is 121 Å². The smallest absolute Gasteiger partial charge is 0.253 e. The summed E-state index contributed by atoms with van der Waals surface area (Å²) in [5, 5.41) is 3.93. The van der Waals surface area contributed by atoms with Crippen LogP contribution in [-0.2, 0) is 0 Å². The average Bonchev–Trinajstić information content (AvgIpc) is 2.94. The number of amides is 1. The number of carbonyl (C=O) groups is 1. The van der Waals surface area contributed by atoms with E-state index < -0.39 is 0 Å². The molecule has 0 unspecified atom stereocenters. The fraction of sp³-hybridized carbons (Fsp3) is 0.333. The predicted molar refractivity (Wildman–Crippen MR) is 75.2 cm³/mol. The Hall–Kier alpha value is -2.37. The van der Waals surface area contributed by atoms with Crippen LogP contribution >= 0.6 is 0 Å². The highest BCUT2D eigenvalue weighted by atomic mass is 19.1. The molecule has 1 aromatic carbocycles. The van der Waals surface area contributed by atoms with E-state index in [0.29, 0.717) is 24.5 Å². The standard InChI is InChI=1S/C15H16FN3O2/c16-12-3-1-11(2-4-12)15(20)19-7-5-10(6-8-19)13-9-14(17)21-18-13/h1-4,9-10H,5-8,17H2. The first-order valence-corrected chi connectivity index (χ1v) is 6.90. The van der Waals surface area contributed by atoms with Gasteiger partial charge in [-0.15, -0.1) is 0 Å². The maximum atomic E-state index is 12.9. The quantitative estimate of drug-likeness (QED) is 0.921. The van der Waals surface area contributed by atoms with E-state index in [9.17, 15) is 9.18 Å². The lowest BCUT2D eigenvalue weighted by molar-refractivity contribution is 0.0711. The first-order chi connectivity index (χ1) is 10.1. The van der Waals surface area contributed by atoms with Crippen LogP contribution in [0.4, 0.5) is 10.3 Å². The number of rotatable bonds is 2. The molecule has 0 atom stereocenters. The minimum absolute atomic E-state index is 0.0619. The molecule has 0 spiro atoms. The molecule has 0 bridgehead atoms. The molecule has 0 aliphatic carbocycles. The zero-order valence-corrected chi connectivity index (χ0v) is 11.5. The second-order valence-electron chi connectivity index (χ2n) is 5.23. The van der Waals surface area contributed by atoms with Crippen LogP contribution in [0.1, 0.15) is 34.8 Å². The monoisotopic (exact) mass is 289 g/mol. The molecule has 1 aliphatic heterocycles. The van der Waals surface area contributed by atoms with Crippen molar-refractivity contribution in [1.29, 1.82) is 0 Å². The van der Waals surface area contributed by atoms with Crippen LogP contribution in [0.5, 0.6) is 0 Å². The molecule has 1 aromatic heterocycles. The van der Waals surface area contributed by atoms with Crippen molar-refractivity contribution in [3.63, 3.8) is 0 Å². The number of carbonyl (C=O) groups excluding carboxylic acids is 1. The van der Waals surface area contributed by atoms with Gasteiger partial charge in [0, 0.05) is 30.6 Å². The normalized spacial score (nSPS) is 16.1. The van der Waals surface area contributed by atoms with E-state index in [2.05, 4.69) is 5.16 Å². The van der Waals surface area contributed by atoms with E-state index >= 15 is 0 Å². The van der Waals surface area contributed by atoms with Crippen molar-refractivity contribution >= 4 is 11.8 Å². The van der Waals surface area contributed by atoms with Crippen LogP contribution in [0, 0.1) is 5.82 Å². The lowest BCUT2D eigenvalue weighted by Crippen LogP contribution is -2.38. The number of aromatic nitrogens is 1. The van der Waals surface area contributed by atoms with E-state index in [1.807, 2.05) is 0 Å². The molecule has 5 nitrogen and oxygen atoms in total. The first kappa shape index (κ1) is 13.6. The van der Waals surface area contributed by atoms with Gasteiger partial charge in [-0.05, 0) is 37.1 Å². The summed E-state index contributed by atoms with van der Waals surface area (Å²) in [6.45, 7) is 1.29. The van der Waals surface area contributed by atoms with Crippen molar-refractivity contribution in [2.24, 2.45) is 0 Å². The van der Waals surface area contributed by atoms with E-state index in [1.54, 1.807) is 11.0 Å². The molecule has 3 rings (SSSR count). The number of anilines is 1. The number of piperidine rings is 1. The molecule has 1 saturated heterocycles. The molecule has 21 heavy (non-hydrogen) atoms. The van der Waals surface area contributed by atoms with Gasteiger partial charge in [0.25, 0.3) is 5.91 Å². The Morgan fingerprint density at radius 3 is 2.52 bits per heavy atom. The van der Waals surface area contributed by atoms with Gasteiger partial charge in [-0.25, -0.2) is 4.39 Å². The van der Waals surface area contributed by atoms with Crippen molar-refractivity contribution in [2.75, 3.05) is 18.8 Å². The van der Waals surface area contributed by atoms with Crippen molar-refractivity contribution in [2.45, 2.75) is 18.8 Å². The van der Waals surface area contributed by atoms with Crippen molar-refractivity contribution in [3.8, 4) is 0 Å². The maximum absolute atomic E-state index is 12.9. The molecular weight excluding hydrogens is 273 g/mol. The van der Waals surface area contributed by atoms with Gasteiger partial charge in [-0.3, -0.25) is 4.79 Å². The maximum Gasteiger partial charge on any atom is 0.253 e. The predicted octanol–water partition coefficient (Wildman–Crippen LogP) is 2.42. The zero-order valence-electron chi connectivity index (χ0n) is 11.5. The second kappa shape index (κ2) is 5.55. The van der Waals surface area contributed by atoms with E-state index in [-0.39, 0.29) is 17.6 Å². The Bertz CT molecular complexity index is 631. The summed E-state index contributed by atoms with van der Waals surface area (Å²) in [5.74, 6) is 0.181. The number of halogens is 1. The van der Waals surface area contributed by atoms with Crippen LogP contribution in [0.15, 0.2) is 34.9 Å². The molecule has 1 aliphatic rings. The van der Waals surface area contributed by atoms with Gasteiger partial charge in [0.1, 0.15) is 5.82 Å². The molecule has 2 aromatic rings. The summed E-state index contributed by atoms with van der Waals surface area (Å²) in [6, 6.07) is 7.38. The fourth-order valence-electron chi connectivity index (χ4n) is 2.65.